The molecule has 0 unspecified atom stereocenters. The zero-order chi connectivity index (χ0) is 10.9. The van der Waals surface area contributed by atoms with Gasteiger partial charge >= 0.3 is 0 Å². The Morgan fingerprint density at radius 1 is 1.50 bits per heavy atom. The lowest BCUT2D eigenvalue weighted by molar-refractivity contribution is 0.0157. The van der Waals surface area contributed by atoms with E-state index in [1.807, 2.05) is 13.0 Å². The maximum atomic E-state index is 12.6. The second-order valence-electron chi connectivity index (χ2n) is 3.54. The number of alkyl halides is 2. The monoisotopic (exact) mass is 218 g/mol. The standard InChI is InChI=1S/C10H12F2OS/c1-6-4-7(2)14-9(6)8(13)5-10(3,11)12/h4H,5H2,1-3H3. The van der Waals surface area contributed by atoms with Gasteiger partial charge in [-0.25, -0.2) is 8.78 Å². The summed E-state index contributed by atoms with van der Waals surface area (Å²) in [5.74, 6) is -3.38. The van der Waals surface area contributed by atoms with E-state index < -0.39 is 18.1 Å². The Bertz CT molecular complexity index is 349. The van der Waals surface area contributed by atoms with Crippen LogP contribution >= 0.6 is 11.3 Å². The van der Waals surface area contributed by atoms with Crippen LogP contribution in [0.3, 0.4) is 0 Å². The first-order valence-electron chi connectivity index (χ1n) is 4.27. The lowest BCUT2D eigenvalue weighted by Crippen LogP contribution is -2.16. The molecule has 0 saturated carbocycles. The van der Waals surface area contributed by atoms with E-state index in [1.54, 1.807) is 6.92 Å². The van der Waals surface area contributed by atoms with Gasteiger partial charge in [-0.15, -0.1) is 11.3 Å². The highest BCUT2D eigenvalue weighted by molar-refractivity contribution is 7.14. The van der Waals surface area contributed by atoms with Crippen molar-refractivity contribution in [2.24, 2.45) is 0 Å². The minimum Gasteiger partial charge on any atom is -0.293 e. The molecule has 14 heavy (non-hydrogen) atoms. The molecule has 0 atom stereocenters. The highest BCUT2D eigenvalue weighted by Gasteiger charge is 2.27. The molecule has 0 aliphatic rings. The van der Waals surface area contributed by atoms with E-state index in [2.05, 4.69) is 0 Å². The molecule has 0 aliphatic carbocycles. The van der Waals surface area contributed by atoms with E-state index in [0.29, 0.717) is 4.88 Å². The van der Waals surface area contributed by atoms with Gasteiger partial charge in [0, 0.05) is 4.88 Å². The van der Waals surface area contributed by atoms with Crippen LogP contribution < -0.4 is 0 Å². The predicted molar refractivity (Wildman–Crippen MR) is 53.4 cm³/mol. The number of thiophene rings is 1. The highest BCUT2D eigenvalue weighted by Crippen LogP contribution is 2.26. The first-order chi connectivity index (χ1) is 6.29. The molecule has 0 amide bonds. The molecule has 1 heterocycles. The lowest BCUT2D eigenvalue weighted by atomic mass is 10.1. The fourth-order valence-corrected chi connectivity index (χ4v) is 2.24. The zero-order valence-electron chi connectivity index (χ0n) is 8.36. The summed E-state index contributed by atoms with van der Waals surface area (Å²) in [5, 5.41) is 0. The van der Waals surface area contributed by atoms with Gasteiger partial charge in [-0.05, 0) is 32.4 Å². The summed E-state index contributed by atoms with van der Waals surface area (Å²) in [6, 6.07) is 1.84. The van der Waals surface area contributed by atoms with E-state index in [-0.39, 0.29) is 0 Å². The van der Waals surface area contributed by atoms with Gasteiger partial charge in [-0.3, -0.25) is 4.79 Å². The minimum absolute atomic E-state index is 0.462. The highest BCUT2D eigenvalue weighted by atomic mass is 32.1. The van der Waals surface area contributed by atoms with Gasteiger partial charge in [-0.1, -0.05) is 0 Å². The Hall–Kier alpha value is -0.770. The summed E-state index contributed by atoms with van der Waals surface area (Å²) in [7, 11) is 0. The summed E-state index contributed by atoms with van der Waals surface area (Å²) >= 11 is 1.28. The Kier molecular flexibility index (Phi) is 3.04. The van der Waals surface area contributed by atoms with E-state index in [1.165, 1.54) is 11.3 Å². The van der Waals surface area contributed by atoms with Crippen LogP contribution in [0.25, 0.3) is 0 Å². The third-order valence-corrected chi connectivity index (χ3v) is 2.96. The van der Waals surface area contributed by atoms with Gasteiger partial charge < -0.3 is 0 Å². The topological polar surface area (TPSA) is 17.1 Å². The lowest BCUT2D eigenvalue weighted by Gasteiger charge is -2.07. The number of rotatable bonds is 3. The fraction of sp³-hybridized carbons (Fsp3) is 0.500. The molecule has 0 aliphatic heterocycles. The van der Waals surface area contributed by atoms with Gasteiger partial charge in [0.15, 0.2) is 5.78 Å². The van der Waals surface area contributed by atoms with Gasteiger partial charge in [-0.2, -0.15) is 0 Å². The van der Waals surface area contributed by atoms with Crippen molar-refractivity contribution in [2.75, 3.05) is 0 Å². The molecule has 78 valence electrons. The molecule has 4 heteroatoms. The fourth-order valence-electron chi connectivity index (χ4n) is 1.28. The van der Waals surface area contributed by atoms with Crippen LogP contribution in [0.4, 0.5) is 8.78 Å². The number of aryl methyl sites for hydroxylation is 2. The van der Waals surface area contributed by atoms with Crippen LogP contribution in [-0.2, 0) is 0 Å². The van der Waals surface area contributed by atoms with Crippen LogP contribution in [0.2, 0.25) is 0 Å². The Labute approximate surface area is 85.8 Å². The zero-order valence-corrected chi connectivity index (χ0v) is 9.17. The van der Waals surface area contributed by atoms with Crippen LogP contribution in [0.15, 0.2) is 6.07 Å². The van der Waals surface area contributed by atoms with Crippen LogP contribution in [0, 0.1) is 13.8 Å². The second kappa shape index (κ2) is 3.77. The summed E-state index contributed by atoms with van der Waals surface area (Å²) < 4.78 is 25.2. The van der Waals surface area contributed by atoms with Crippen LogP contribution in [0.1, 0.15) is 33.5 Å². The summed E-state index contributed by atoms with van der Waals surface area (Å²) in [4.78, 5) is 12.9. The summed E-state index contributed by atoms with van der Waals surface area (Å²) in [6.07, 6.45) is -0.701. The molecule has 0 spiro atoms. The maximum Gasteiger partial charge on any atom is 0.252 e. The van der Waals surface area contributed by atoms with Crippen LogP contribution in [-0.4, -0.2) is 11.7 Å². The van der Waals surface area contributed by atoms with Crippen molar-refractivity contribution >= 4 is 17.1 Å². The van der Waals surface area contributed by atoms with Gasteiger partial charge in [0.2, 0.25) is 0 Å². The number of hydrogen-bond acceptors (Lipinski definition) is 2. The first kappa shape index (κ1) is 11.3. The molecule has 0 aromatic carbocycles. The molecule has 1 aromatic heterocycles. The van der Waals surface area contributed by atoms with Crippen molar-refractivity contribution in [1.29, 1.82) is 0 Å². The quantitative estimate of drug-likeness (QED) is 0.708. The van der Waals surface area contributed by atoms with Gasteiger partial charge in [0.25, 0.3) is 5.92 Å². The smallest absolute Gasteiger partial charge is 0.252 e. The van der Waals surface area contributed by atoms with E-state index in [9.17, 15) is 13.6 Å². The van der Waals surface area contributed by atoms with E-state index in [0.717, 1.165) is 17.4 Å². The molecule has 1 rings (SSSR count). The molecular formula is C10H12F2OS. The van der Waals surface area contributed by atoms with E-state index in [4.69, 9.17) is 0 Å². The van der Waals surface area contributed by atoms with Crippen molar-refractivity contribution in [3.8, 4) is 0 Å². The average molecular weight is 218 g/mol. The molecular weight excluding hydrogens is 206 g/mol. The number of ketones is 1. The third kappa shape index (κ3) is 2.87. The summed E-state index contributed by atoms with van der Waals surface area (Å²) in [5.41, 5.74) is 0.793. The molecule has 1 aromatic rings. The number of carbonyl (C=O) groups excluding carboxylic acids is 1. The largest absolute Gasteiger partial charge is 0.293 e. The molecule has 0 radical (unpaired) electrons. The summed E-state index contributed by atoms with van der Waals surface area (Å²) in [6.45, 7) is 4.39. The molecule has 0 saturated heterocycles. The second-order valence-corrected chi connectivity index (χ2v) is 4.80. The predicted octanol–water partition coefficient (Wildman–Crippen LogP) is 3.59. The number of Topliss-reactive ketones (excluding diaryl/α,β-unsaturated/α-hetero) is 1. The minimum atomic E-state index is -2.92. The molecule has 0 fully saturated rings. The molecule has 1 nitrogen and oxygen atoms in total. The van der Waals surface area contributed by atoms with Crippen molar-refractivity contribution < 1.29 is 13.6 Å². The van der Waals surface area contributed by atoms with Crippen molar-refractivity contribution in [3.63, 3.8) is 0 Å². The van der Waals surface area contributed by atoms with Crippen molar-refractivity contribution in [1.82, 2.24) is 0 Å². The van der Waals surface area contributed by atoms with Gasteiger partial charge in [0.1, 0.15) is 0 Å². The van der Waals surface area contributed by atoms with Crippen LogP contribution in [0.5, 0.6) is 0 Å². The Balaban J connectivity index is 2.85. The van der Waals surface area contributed by atoms with Gasteiger partial charge in [0.05, 0.1) is 11.3 Å². The molecule has 0 N–H and O–H groups in total. The number of halogens is 2. The number of carbonyl (C=O) groups is 1. The van der Waals surface area contributed by atoms with Crippen molar-refractivity contribution in [3.05, 3.63) is 21.4 Å². The Morgan fingerprint density at radius 2 is 2.07 bits per heavy atom. The Morgan fingerprint density at radius 3 is 2.43 bits per heavy atom. The third-order valence-electron chi connectivity index (χ3n) is 1.77. The normalized spacial score (nSPS) is 11.8. The number of hydrogen-bond donors (Lipinski definition) is 0. The van der Waals surface area contributed by atoms with Crippen molar-refractivity contribution in [2.45, 2.75) is 33.1 Å². The average Bonchev–Trinajstić information content (AvgIpc) is 2.26. The van der Waals surface area contributed by atoms with E-state index >= 15 is 0 Å². The SMILES string of the molecule is Cc1cc(C)c(C(=O)CC(C)(F)F)s1. The maximum absolute atomic E-state index is 12.6. The molecule has 0 bridgehead atoms. The first-order valence-corrected chi connectivity index (χ1v) is 5.09.